The first kappa shape index (κ1) is 13.4. The summed E-state index contributed by atoms with van der Waals surface area (Å²) >= 11 is 0. The molecule has 2 N–H and O–H groups in total. The minimum atomic E-state index is -3.10. The molecule has 94 valence electrons. The average molecular weight is 249 g/mol. The Labute approximate surface area is 96.4 Å². The molecule has 1 heterocycles. The zero-order chi connectivity index (χ0) is 12.3. The quantitative estimate of drug-likeness (QED) is 0.680. The highest BCUT2D eigenvalue weighted by Crippen LogP contribution is 2.10. The summed E-state index contributed by atoms with van der Waals surface area (Å²) in [5.74, 6) is -0.245. The Morgan fingerprint density at radius 2 is 1.81 bits per heavy atom. The number of nitrogens with two attached hydrogens (primary N) is 1. The third kappa shape index (κ3) is 2.93. The summed E-state index contributed by atoms with van der Waals surface area (Å²) in [6.45, 7) is 5.37. The molecule has 1 aliphatic rings. The Balaban J connectivity index is 2.55. The van der Waals surface area contributed by atoms with E-state index in [0.717, 1.165) is 0 Å². The molecule has 1 aliphatic heterocycles. The summed E-state index contributed by atoms with van der Waals surface area (Å²) < 4.78 is 24.6. The van der Waals surface area contributed by atoms with Crippen molar-refractivity contribution in [1.29, 1.82) is 0 Å². The van der Waals surface area contributed by atoms with Gasteiger partial charge in [0.15, 0.2) is 0 Å². The maximum absolute atomic E-state index is 11.6. The first-order chi connectivity index (χ1) is 7.38. The van der Waals surface area contributed by atoms with Crippen LogP contribution in [0.1, 0.15) is 13.8 Å². The Hall–Kier alpha value is -0.660. The van der Waals surface area contributed by atoms with Gasteiger partial charge in [0.25, 0.3) is 0 Å². The predicted octanol–water partition coefficient (Wildman–Crippen LogP) is -1.17. The third-order valence-electron chi connectivity index (χ3n) is 2.99. The van der Waals surface area contributed by atoms with Gasteiger partial charge in [-0.05, 0) is 13.8 Å². The summed E-state index contributed by atoms with van der Waals surface area (Å²) in [5, 5.41) is 0. The number of amides is 1. The lowest BCUT2D eigenvalue weighted by Gasteiger charge is -2.36. The van der Waals surface area contributed by atoms with E-state index in [1.807, 2.05) is 4.90 Å². The van der Waals surface area contributed by atoms with E-state index in [4.69, 9.17) is 5.73 Å². The number of primary amides is 1. The van der Waals surface area contributed by atoms with E-state index in [-0.39, 0.29) is 17.7 Å². The van der Waals surface area contributed by atoms with E-state index in [9.17, 15) is 13.2 Å². The monoisotopic (exact) mass is 249 g/mol. The van der Waals surface area contributed by atoms with Gasteiger partial charge in [0, 0.05) is 26.2 Å². The Bertz CT molecular complexity index is 347. The molecule has 0 radical (unpaired) electrons. The van der Waals surface area contributed by atoms with Gasteiger partial charge in [-0.3, -0.25) is 9.69 Å². The number of nitrogens with zero attached hydrogens (tertiary/aromatic N) is 2. The highest BCUT2D eigenvalue weighted by atomic mass is 32.2. The minimum absolute atomic E-state index is 0.123. The molecular formula is C9H19N3O3S. The first-order valence-electron chi connectivity index (χ1n) is 5.39. The van der Waals surface area contributed by atoms with Crippen LogP contribution in [0.3, 0.4) is 0 Å². The van der Waals surface area contributed by atoms with Gasteiger partial charge in [0.05, 0.1) is 11.8 Å². The third-order valence-corrected chi connectivity index (χ3v) is 4.87. The van der Waals surface area contributed by atoms with E-state index in [1.54, 1.807) is 13.8 Å². The molecule has 0 unspecified atom stereocenters. The summed E-state index contributed by atoms with van der Waals surface area (Å²) in [6, 6.07) is -0.327. The van der Waals surface area contributed by atoms with Gasteiger partial charge < -0.3 is 5.73 Å². The van der Waals surface area contributed by atoms with Crippen molar-refractivity contribution in [3.05, 3.63) is 0 Å². The SMILES string of the molecule is CCS(=O)(=O)N1CCN([C@H](C)C(N)=O)CC1. The second kappa shape index (κ2) is 5.11. The van der Waals surface area contributed by atoms with Crippen molar-refractivity contribution < 1.29 is 13.2 Å². The van der Waals surface area contributed by atoms with Crippen molar-refractivity contribution in [1.82, 2.24) is 9.21 Å². The molecule has 0 aromatic carbocycles. The number of hydrogen-bond donors (Lipinski definition) is 1. The van der Waals surface area contributed by atoms with Crippen LogP contribution >= 0.6 is 0 Å². The summed E-state index contributed by atoms with van der Waals surface area (Å²) in [6.07, 6.45) is 0. The van der Waals surface area contributed by atoms with Crippen LogP contribution in [-0.2, 0) is 14.8 Å². The van der Waals surface area contributed by atoms with Crippen molar-refractivity contribution in [3.8, 4) is 0 Å². The van der Waals surface area contributed by atoms with Crippen LogP contribution in [0.2, 0.25) is 0 Å². The number of piperazine rings is 1. The summed E-state index contributed by atoms with van der Waals surface area (Å²) in [7, 11) is -3.10. The van der Waals surface area contributed by atoms with Gasteiger partial charge in [0.1, 0.15) is 0 Å². The van der Waals surface area contributed by atoms with Gasteiger partial charge in [-0.1, -0.05) is 0 Å². The normalized spacial score (nSPS) is 21.9. The predicted molar refractivity (Wildman–Crippen MR) is 61.3 cm³/mol. The van der Waals surface area contributed by atoms with Crippen LogP contribution in [-0.4, -0.2) is 61.5 Å². The molecule has 0 saturated carbocycles. The van der Waals surface area contributed by atoms with Gasteiger partial charge >= 0.3 is 0 Å². The molecule has 6 nitrogen and oxygen atoms in total. The van der Waals surface area contributed by atoms with Gasteiger partial charge in [-0.25, -0.2) is 8.42 Å². The fourth-order valence-corrected chi connectivity index (χ4v) is 2.82. The number of sulfonamides is 1. The second-order valence-electron chi connectivity index (χ2n) is 3.91. The Kier molecular flexibility index (Phi) is 4.28. The lowest BCUT2D eigenvalue weighted by Crippen LogP contribution is -2.54. The number of hydrogen-bond acceptors (Lipinski definition) is 4. The van der Waals surface area contributed by atoms with Crippen LogP contribution in [0, 0.1) is 0 Å². The molecule has 1 saturated heterocycles. The van der Waals surface area contributed by atoms with Crippen molar-refractivity contribution in [2.24, 2.45) is 5.73 Å². The Morgan fingerprint density at radius 1 is 1.31 bits per heavy atom. The fraction of sp³-hybridized carbons (Fsp3) is 0.889. The zero-order valence-corrected chi connectivity index (χ0v) is 10.5. The molecule has 0 aromatic heterocycles. The highest BCUT2D eigenvalue weighted by molar-refractivity contribution is 7.89. The van der Waals surface area contributed by atoms with Crippen molar-refractivity contribution >= 4 is 15.9 Å². The highest BCUT2D eigenvalue weighted by Gasteiger charge is 2.28. The first-order valence-corrected chi connectivity index (χ1v) is 7.00. The molecule has 0 bridgehead atoms. The van der Waals surface area contributed by atoms with Crippen LogP contribution in [0.15, 0.2) is 0 Å². The maximum atomic E-state index is 11.6. The smallest absolute Gasteiger partial charge is 0.234 e. The molecule has 16 heavy (non-hydrogen) atoms. The van der Waals surface area contributed by atoms with E-state index in [2.05, 4.69) is 0 Å². The van der Waals surface area contributed by atoms with Crippen LogP contribution in [0.4, 0.5) is 0 Å². The summed E-state index contributed by atoms with van der Waals surface area (Å²) in [4.78, 5) is 12.9. The molecule has 1 fully saturated rings. The average Bonchev–Trinajstić information content (AvgIpc) is 2.28. The molecular weight excluding hydrogens is 230 g/mol. The standard InChI is InChI=1S/C9H19N3O3S/c1-3-16(14,15)12-6-4-11(5-7-12)8(2)9(10)13/h8H,3-7H2,1-2H3,(H2,10,13)/t8-/m1/s1. The van der Waals surface area contributed by atoms with Gasteiger partial charge in [-0.15, -0.1) is 0 Å². The fourth-order valence-electron chi connectivity index (χ4n) is 1.73. The number of rotatable bonds is 4. The lowest BCUT2D eigenvalue weighted by atomic mass is 10.2. The number of carbonyl (C=O) groups is 1. The van der Waals surface area contributed by atoms with Crippen LogP contribution < -0.4 is 5.73 Å². The van der Waals surface area contributed by atoms with Crippen LogP contribution in [0.5, 0.6) is 0 Å². The number of carbonyl (C=O) groups excluding carboxylic acids is 1. The molecule has 7 heteroatoms. The van der Waals surface area contributed by atoms with E-state index in [1.165, 1.54) is 4.31 Å². The van der Waals surface area contributed by atoms with Crippen molar-refractivity contribution in [3.63, 3.8) is 0 Å². The van der Waals surface area contributed by atoms with E-state index in [0.29, 0.717) is 26.2 Å². The maximum Gasteiger partial charge on any atom is 0.234 e. The molecule has 0 aliphatic carbocycles. The van der Waals surface area contributed by atoms with Crippen molar-refractivity contribution in [2.45, 2.75) is 19.9 Å². The lowest BCUT2D eigenvalue weighted by molar-refractivity contribution is -0.123. The van der Waals surface area contributed by atoms with Crippen molar-refractivity contribution in [2.75, 3.05) is 31.9 Å². The molecule has 1 atom stereocenters. The van der Waals surface area contributed by atoms with E-state index >= 15 is 0 Å². The largest absolute Gasteiger partial charge is 0.368 e. The molecule has 1 rings (SSSR count). The van der Waals surface area contributed by atoms with Gasteiger partial charge in [-0.2, -0.15) is 4.31 Å². The van der Waals surface area contributed by atoms with E-state index < -0.39 is 10.0 Å². The second-order valence-corrected chi connectivity index (χ2v) is 6.17. The van der Waals surface area contributed by atoms with Gasteiger partial charge in [0.2, 0.25) is 15.9 Å². The molecule has 0 spiro atoms. The minimum Gasteiger partial charge on any atom is -0.368 e. The summed E-state index contributed by atoms with van der Waals surface area (Å²) in [5.41, 5.74) is 5.20. The zero-order valence-electron chi connectivity index (χ0n) is 9.72. The Morgan fingerprint density at radius 3 is 2.19 bits per heavy atom. The molecule has 0 aromatic rings. The topological polar surface area (TPSA) is 83.7 Å². The molecule has 1 amide bonds. The van der Waals surface area contributed by atoms with Crippen LogP contribution in [0.25, 0.3) is 0 Å².